The minimum atomic E-state index is -1.82. The van der Waals surface area contributed by atoms with E-state index in [0.29, 0.717) is 0 Å². The molecule has 25 heavy (non-hydrogen) atoms. The Labute approximate surface area is 143 Å². The molecule has 0 aliphatic carbocycles. The van der Waals surface area contributed by atoms with Crippen molar-refractivity contribution in [3.05, 3.63) is 0 Å². The molecule has 2 aliphatic rings. The van der Waals surface area contributed by atoms with Crippen LogP contribution in [0.15, 0.2) is 0 Å². The quantitative estimate of drug-likeness (QED) is 0.230. The molecule has 0 radical (unpaired) electrons. The zero-order valence-electron chi connectivity index (χ0n) is 13.7. The van der Waals surface area contributed by atoms with Gasteiger partial charge in [-0.05, 0) is 6.92 Å². The van der Waals surface area contributed by atoms with Gasteiger partial charge in [0.25, 0.3) is 0 Å². The molecule has 7 N–H and O–H groups in total. The minimum absolute atomic E-state index is 0.0997. The van der Waals surface area contributed by atoms with Crippen molar-refractivity contribution in [1.29, 1.82) is 0 Å². The maximum absolute atomic E-state index is 10.4. The van der Waals surface area contributed by atoms with E-state index in [9.17, 15) is 35.7 Å². The van der Waals surface area contributed by atoms with Crippen LogP contribution in [0.4, 0.5) is 0 Å². The summed E-state index contributed by atoms with van der Waals surface area (Å²) in [5.41, 5.74) is 0. The van der Waals surface area contributed by atoms with E-state index in [0.717, 1.165) is 0 Å². The Balaban J connectivity index is 2.16. The van der Waals surface area contributed by atoms with Gasteiger partial charge in [-0.1, -0.05) is 0 Å². The van der Waals surface area contributed by atoms with Crippen molar-refractivity contribution in [2.24, 2.45) is 0 Å². The van der Waals surface area contributed by atoms with E-state index in [2.05, 4.69) is 0 Å². The van der Waals surface area contributed by atoms with Gasteiger partial charge < -0.3 is 54.7 Å². The molecule has 0 spiro atoms. The summed E-state index contributed by atoms with van der Waals surface area (Å²) in [4.78, 5) is 0. The maximum atomic E-state index is 10.4. The number of ether oxygens (including phenoxy) is 4. The number of aliphatic hydroxyl groups is 7. The van der Waals surface area contributed by atoms with Crippen molar-refractivity contribution in [3.63, 3.8) is 0 Å². The Morgan fingerprint density at radius 3 is 2.08 bits per heavy atom. The van der Waals surface area contributed by atoms with Crippen LogP contribution < -0.4 is 0 Å². The van der Waals surface area contributed by atoms with Crippen molar-refractivity contribution in [3.8, 4) is 0 Å². The van der Waals surface area contributed by atoms with Crippen molar-refractivity contribution in [1.82, 2.24) is 0 Å². The van der Waals surface area contributed by atoms with Crippen LogP contribution in [0.25, 0.3) is 0 Å². The molecule has 9 atom stereocenters. The highest BCUT2D eigenvalue weighted by atomic mass is 16.8. The first-order chi connectivity index (χ1) is 11.8. The summed E-state index contributed by atoms with van der Waals surface area (Å²) in [7, 11) is 0. The van der Waals surface area contributed by atoms with Crippen LogP contribution in [0.1, 0.15) is 6.92 Å². The van der Waals surface area contributed by atoms with Crippen molar-refractivity contribution >= 4 is 0 Å². The van der Waals surface area contributed by atoms with Crippen LogP contribution in [0, 0.1) is 0 Å². The Morgan fingerprint density at radius 1 is 0.920 bits per heavy atom. The van der Waals surface area contributed by atoms with Gasteiger partial charge in [0.15, 0.2) is 6.29 Å². The van der Waals surface area contributed by atoms with E-state index in [-0.39, 0.29) is 6.61 Å². The molecule has 2 heterocycles. The standard InChI is InChI=1S/C14H26O11/c1-2-22-14(5-17)12(21)11(7(4-16)25-14)24-13-10(20)9(19)8(18)6(3-15)23-13/h6-13,15-21H,2-5H2,1H3/t6-,7-,8+,9+,10-,11-,12+,13+,14-/m1/s1. The Hall–Kier alpha value is -0.440. The molecular formula is C14H26O11. The zero-order valence-corrected chi connectivity index (χ0v) is 13.7. The molecule has 2 aliphatic heterocycles. The second-order valence-corrected chi connectivity index (χ2v) is 5.98. The van der Waals surface area contributed by atoms with Crippen molar-refractivity contribution < 1.29 is 54.7 Å². The topological polar surface area (TPSA) is 179 Å². The number of rotatable bonds is 7. The van der Waals surface area contributed by atoms with E-state index in [1.54, 1.807) is 6.92 Å². The fraction of sp³-hybridized carbons (Fsp3) is 1.00. The average Bonchev–Trinajstić information content (AvgIpc) is 2.88. The molecule has 0 unspecified atom stereocenters. The fourth-order valence-electron chi connectivity index (χ4n) is 3.02. The smallest absolute Gasteiger partial charge is 0.221 e. The number of aliphatic hydroxyl groups excluding tert-OH is 7. The average molecular weight is 370 g/mol. The number of hydrogen-bond acceptors (Lipinski definition) is 11. The predicted octanol–water partition coefficient (Wildman–Crippen LogP) is -4.35. The summed E-state index contributed by atoms with van der Waals surface area (Å²) in [5, 5.41) is 68.2. The third kappa shape index (κ3) is 3.82. The van der Waals surface area contributed by atoms with Gasteiger partial charge in [-0.3, -0.25) is 0 Å². The van der Waals surface area contributed by atoms with Crippen LogP contribution in [0.2, 0.25) is 0 Å². The first-order valence-corrected chi connectivity index (χ1v) is 8.02. The molecule has 2 rings (SSSR count). The van der Waals surface area contributed by atoms with E-state index in [4.69, 9.17) is 18.9 Å². The number of hydrogen-bond donors (Lipinski definition) is 7. The second-order valence-electron chi connectivity index (χ2n) is 5.98. The molecule has 0 aromatic carbocycles. The van der Waals surface area contributed by atoms with Gasteiger partial charge in [-0.2, -0.15) is 0 Å². The Kier molecular flexibility index (Phi) is 7.09. The molecule has 0 bridgehead atoms. The van der Waals surface area contributed by atoms with Gasteiger partial charge in [-0.25, -0.2) is 0 Å². The molecular weight excluding hydrogens is 344 g/mol. The Bertz CT molecular complexity index is 422. The lowest BCUT2D eigenvalue weighted by Crippen LogP contribution is -2.61. The third-order valence-electron chi connectivity index (χ3n) is 4.41. The van der Waals surface area contributed by atoms with Crippen LogP contribution in [-0.4, -0.2) is 117 Å². The molecule has 0 saturated carbocycles. The third-order valence-corrected chi connectivity index (χ3v) is 4.41. The maximum Gasteiger partial charge on any atom is 0.221 e. The zero-order chi connectivity index (χ0) is 18.8. The van der Waals surface area contributed by atoms with Crippen LogP contribution >= 0.6 is 0 Å². The second kappa shape index (κ2) is 8.50. The van der Waals surface area contributed by atoms with Gasteiger partial charge in [0, 0.05) is 6.61 Å². The molecule has 0 amide bonds. The largest absolute Gasteiger partial charge is 0.394 e. The van der Waals surface area contributed by atoms with Gasteiger partial charge >= 0.3 is 0 Å². The summed E-state index contributed by atoms with van der Waals surface area (Å²) in [6, 6.07) is 0. The fourth-order valence-corrected chi connectivity index (χ4v) is 3.02. The molecule has 0 aromatic heterocycles. The normalized spacial score (nSPS) is 48.0. The van der Waals surface area contributed by atoms with Crippen LogP contribution in [-0.2, 0) is 18.9 Å². The highest BCUT2D eigenvalue weighted by Crippen LogP contribution is 2.36. The predicted molar refractivity (Wildman–Crippen MR) is 78.0 cm³/mol. The lowest BCUT2D eigenvalue weighted by atomic mass is 9.99. The summed E-state index contributed by atoms with van der Waals surface area (Å²) >= 11 is 0. The van der Waals surface area contributed by atoms with Gasteiger partial charge in [0.1, 0.15) is 49.3 Å². The monoisotopic (exact) mass is 370 g/mol. The van der Waals surface area contributed by atoms with E-state index >= 15 is 0 Å². The molecule has 11 nitrogen and oxygen atoms in total. The molecule has 0 aromatic rings. The first-order valence-electron chi connectivity index (χ1n) is 8.02. The van der Waals surface area contributed by atoms with Crippen molar-refractivity contribution in [2.75, 3.05) is 26.4 Å². The van der Waals surface area contributed by atoms with E-state index in [1.165, 1.54) is 0 Å². The highest BCUT2D eigenvalue weighted by Gasteiger charge is 2.58. The Morgan fingerprint density at radius 2 is 1.56 bits per heavy atom. The van der Waals surface area contributed by atoms with Crippen LogP contribution in [0.5, 0.6) is 0 Å². The summed E-state index contributed by atoms with van der Waals surface area (Å²) in [5.74, 6) is -1.82. The summed E-state index contributed by atoms with van der Waals surface area (Å²) < 4.78 is 21.3. The minimum Gasteiger partial charge on any atom is -0.394 e. The van der Waals surface area contributed by atoms with Gasteiger partial charge in [0.05, 0.1) is 13.2 Å². The van der Waals surface area contributed by atoms with Crippen LogP contribution in [0.3, 0.4) is 0 Å². The molecule has 11 heteroatoms. The lowest BCUT2D eigenvalue weighted by molar-refractivity contribution is -0.319. The lowest BCUT2D eigenvalue weighted by Gasteiger charge is -2.41. The highest BCUT2D eigenvalue weighted by molar-refractivity contribution is 4.99. The van der Waals surface area contributed by atoms with E-state index < -0.39 is 74.6 Å². The molecule has 2 saturated heterocycles. The molecule has 148 valence electrons. The van der Waals surface area contributed by atoms with Gasteiger partial charge in [-0.15, -0.1) is 0 Å². The van der Waals surface area contributed by atoms with Gasteiger partial charge in [0.2, 0.25) is 5.79 Å². The van der Waals surface area contributed by atoms with Crippen molar-refractivity contribution in [2.45, 2.75) is 61.7 Å². The SMILES string of the molecule is CCO[C@]1(CO)O[C@H](CO)[C@@H](O[C@@H]2O[C@H](CO)[C@H](O)[C@H](O)[C@H]2O)[C@@H]1O. The van der Waals surface area contributed by atoms with E-state index in [1.807, 2.05) is 0 Å². The summed E-state index contributed by atoms with van der Waals surface area (Å²) in [6.45, 7) is -0.228. The first kappa shape index (κ1) is 20.9. The molecule has 2 fully saturated rings. The summed E-state index contributed by atoms with van der Waals surface area (Å²) in [6.07, 6.45) is -11.5.